The quantitative estimate of drug-likeness (QED) is 0.711. The minimum Gasteiger partial charge on any atom is -0.278 e. The predicted molar refractivity (Wildman–Crippen MR) is 75.9 cm³/mol. The number of fused-ring (bicyclic) bond motifs is 1. The van der Waals surface area contributed by atoms with Crippen LogP contribution in [0.2, 0.25) is 5.02 Å². The third-order valence-corrected chi connectivity index (χ3v) is 3.57. The Morgan fingerprint density at radius 1 is 1.32 bits per heavy atom. The molecule has 1 aromatic carbocycles. The van der Waals surface area contributed by atoms with E-state index in [-0.39, 0.29) is 10.8 Å². The second kappa shape index (κ2) is 4.71. The molecule has 96 valence electrons. The van der Waals surface area contributed by atoms with Crippen LogP contribution in [0.1, 0.15) is 16.5 Å². The summed E-state index contributed by atoms with van der Waals surface area (Å²) in [5.74, 6) is 0.329. The van der Waals surface area contributed by atoms with Gasteiger partial charge in [0.05, 0.1) is 10.9 Å². The molecule has 1 unspecified atom stereocenters. The maximum Gasteiger partial charge on any atom is 0.274 e. The molecule has 7 heteroatoms. The largest absolute Gasteiger partial charge is 0.278 e. The third-order valence-electron chi connectivity index (χ3n) is 2.75. The van der Waals surface area contributed by atoms with Crippen molar-refractivity contribution < 1.29 is 0 Å². The summed E-state index contributed by atoms with van der Waals surface area (Å²) in [5.41, 5.74) is 1.26. The Morgan fingerprint density at radius 3 is 2.79 bits per heavy atom. The van der Waals surface area contributed by atoms with Gasteiger partial charge in [-0.05, 0) is 17.7 Å². The standard InChI is InChI=1S/C12H9ClN4OS/c13-8-3-1-7(2-4-8)11(19)9-5-10(18)17-12(16-9)14-6-15-17/h1-6,11,19H,(H,14,15,16). The number of H-pyrrole nitrogens is 1. The fraction of sp³-hybridized carbons (Fsp3) is 0.0833. The van der Waals surface area contributed by atoms with Crippen LogP contribution < -0.4 is 5.56 Å². The molecule has 0 aliphatic heterocycles. The number of nitrogens with one attached hydrogen (secondary N) is 1. The van der Waals surface area contributed by atoms with Gasteiger partial charge in [-0.25, -0.2) is 9.97 Å². The Balaban J connectivity index is 2.08. The summed E-state index contributed by atoms with van der Waals surface area (Å²) >= 11 is 10.3. The molecule has 0 fully saturated rings. The van der Waals surface area contributed by atoms with Gasteiger partial charge in [0.1, 0.15) is 6.33 Å². The van der Waals surface area contributed by atoms with Crippen LogP contribution in [0.5, 0.6) is 0 Å². The molecular formula is C12H9ClN4OS. The van der Waals surface area contributed by atoms with Crippen LogP contribution in [0.3, 0.4) is 0 Å². The van der Waals surface area contributed by atoms with Crippen molar-refractivity contribution >= 4 is 30.0 Å². The van der Waals surface area contributed by atoms with Crippen LogP contribution in [-0.2, 0) is 0 Å². The molecule has 19 heavy (non-hydrogen) atoms. The van der Waals surface area contributed by atoms with E-state index in [4.69, 9.17) is 11.6 Å². The first-order valence-electron chi connectivity index (χ1n) is 5.52. The molecule has 0 radical (unpaired) electrons. The highest BCUT2D eigenvalue weighted by atomic mass is 35.5. The second-order valence-corrected chi connectivity index (χ2v) is 4.95. The molecule has 0 aliphatic carbocycles. The minimum absolute atomic E-state index is 0.217. The van der Waals surface area contributed by atoms with E-state index in [2.05, 4.69) is 27.7 Å². The van der Waals surface area contributed by atoms with Crippen LogP contribution in [0.4, 0.5) is 0 Å². The molecule has 0 amide bonds. The van der Waals surface area contributed by atoms with Crippen LogP contribution >= 0.6 is 24.2 Å². The molecule has 1 atom stereocenters. The Bertz CT molecular complexity index is 780. The number of halogens is 1. The first-order chi connectivity index (χ1) is 9.15. The second-order valence-electron chi connectivity index (χ2n) is 4.00. The lowest BCUT2D eigenvalue weighted by Gasteiger charge is -2.10. The summed E-state index contributed by atoms with van der Waals surface area (Å²) < 4.78 is 1.27. The molecular weight excluding hydrogens is 284 g/mol. The van der Waals surface area contributed by atoms with E-state index in [1.54, 1.807) is 12.1 Å². The topological polar surface area (TPSA) is 63.0 Å². The molecule has 2 aromatic heterocycles. The van der Waals surface area contributed by atoms with Gasteiger partial charge >= 0.3 is 0 Å². The highest BCUT2D eigenvalue weighted by molar-refractivity contribution is 7.80. The van der Waals surface area contributed by atoms with Gasteiger partial charge < -0.3 is 0 Å². The number of hydrogen-bond donors (Lipinski definition) is 2. The number of hydrogen-bond acceptors (Lipinski definition) is 4. The molecule has 3 rings (SSSR count). The lowest BCUT2D eigenvalue weighted by atomic mass is 10.1. The Labute approximate surface area is 118 Å². The van der Waals surface area contributed by atoms with E-state index >= 15 is 0 Å². The van der Waals surface area contributed by atoms with Crippen molar-refractivity contribution in [3.05, 3.63) is 63.3 Å². The van der Waals surface area contributed by atoms with Gasteiger partial charge in [0.2, 0.25) is 0 Å². The van der Waals surface area contributed by atoms with E-state index in [1.807, 2.05) is 12.1 Å². The number of aromatic nitrogens is 4. The van der Waals surface area contributed by atoms with E-state index in [0.29, 0.717) is 16.5 Å². The predicted octanol–water partition coefficient (Wildman–Crippen LogP) is 2.09. The Morgan fingerprint density at radius 2 is 2.05 bits per heavy atom. The summed E-state index contributed by atoms with van der Waals surface area (Å²) in [6.07, 6.45) is 1.42. The summed E-state index contributed by atoms with van der Waals surface area (Å²) in [5, 5.41) is 3.04. The normalized spacial score (nSPS) is 12.7. The third kappa shape index (κ3) is 2.24. The summed E-state index contributed by atoms with van der Waals surface area (Å²) in [4.78, 5) is 20.1. The van der Waals surface area contributed by atoms with Crippen molar-refractivity contribution in [1.29, 1.82) is 0 Å². The summed E-state index contributed by atoms with van der Waals surface area (Å²) in [6.45, 7) is 0. The number of nitrogens with zero attached hydrogens (tertiary/aromatic N) is 3. The van der Waals surface area contributed by atoms with Crippen molar-refractivity contribution in [2.45, 2.75) is 5.25 Å². The minimum atomic E-state index is -0.299. The van der Waals surface area contributed by atoms with Gasteiger partial charge in [-0.1, -0.05) is 23.7 Å². The van der Waals surface area contributed by atoms with E-state index < -0.39 is 0 Å². The Hall–Kier alpha value is -1.79. The zero-order valence-corrected chi connectivity index (χ0v) is 11.3. The first-order valence-corrected chi connectivity index (χ1v) is 6.41. The Kier molecular flexibility index (Phi) is 3.04. The molecule has 0 spiro atoms. The van der Waals surface area contributed by atoms with Gasteiger partial charge in [-0.15, -0.1) is 0 Å². The molecule has 0 saturated carbocycles. The van der Waals surface area contributed by atoms with Crippen LogP contribution in [0.25, 0.3) is 5.78 Å². The number of rotatable bonds is 2. The summed E-state index contributed by atoms with van der Waals surface area (Å²) in [6, 6.07) is 8.71. The van der Waals surface area contributed by atoms with Crippen molar-refractivity contribution in [2.24, 2.45) is 0 Å². The van der Waals surface area contributed by atoms with Crippen molar-refractivity contribution in [1.82, 2.24) is 19.6 Å². The van der Waals surface area contributed by atoms with Crippen LogP contribution in [0.15, 0.2) is 41.5 Å². The van der Waals surface area contributed by atoms with Crippen molar-refractivity contribution in [3.8, 4) is 0 Å². The van der Waals surface area contributed by atoms with E-state index in [9.17, 15) is 4.79 Å². The van der Waals surface area contributed by atoms with Crippen molar-refractivity contribution in [2.75, 3.05) is 0 Å². The van der Waals surface area contributed by atoms with Gasteiger partial charge in [-0.3, -0.25) is 9.89 Å². The molecule has 1 N–H and O–H groups in total. The van der Waals surface area contributed by atoms with Crippen LogP contribution in [-0.4, -0.2) is 19.6 Å². The lowest BCUT2D eigenvalue weighted by Crippen LogP contribution is -2.16. The smallest absolute Gasteiger partial charge is 0.274 e. The highest BCUT2D eigenvalue weighted by Gasteiger charge is 2.14. The zero-order chi connectivity index (χ0) is 13.4. The first kappa shape index (κ1) is 12.3. The highest BCUT2D eigenvalue weighted by Crippen LogP contribution is 2.27. The fourth-order valence-corrected chi connectivity index (χ4v) is 2.23. The fourth-order valence-electron chi connectivity index (χ4n) is 1.80. The number of aromatic amines is 1. The average Bonchev–Trinajstić information content (AvgIpc) is 2.87. The van der Waals surface area contributed by atoms with E-state index in [0.717, 1.165) is 5.56 Å². The molecule has 2 heterocycles. The summed E-state index contributed by atoms with van der Waals surface area (Å²) in [7, 11) is 0. The van der Waals surface area contributed by atoms with Gasteiger partial charge in [0.25, 0.3) is 11.3 Å². The SMILES string of the molecule is O=c1cc(C(S)c2ccc(Cl)cc2)nc2nc[nH]n12. The zero-order valence-electron chi connectivity index (χ0n) is 9.62. The molecule has 0 bridgehead atoms. The maximum absolute atomic E-state index is 11.8. The van der Waals surface area contributed by atoms with Gasteiger partial charge in [0, 0.05) is 11.1 Å². The number of thiol groups is 1. The van der Waals surface area contributed by atoms with Gasteiger partial charge in [-0.2, -0.15) is 17.1 Å². The average molecular weight is 293 g/mol. The maximum atomic E-state index is 11.8. The molecule has 5 nitrogen and oxygen atoms in total. The monoisotopic (exact) mass is 292 g/mol. The van der Waals surface area contributed by atoms with E-state index in [1.165, 1.54) is 16.9 Å². The molecule has 0 aliphatic rings. The molecule has 3 aromatic rings. The lowest BCUT2D eigenvalue weighted by molar-refractivity contribution is 0.877. The van der Waals surface area contributed by atoms with Gasteiger partial charge in [0.15, 0.2) is 0 Å². The van der Waals surface area contributed by atoms with Crippen LogP contribution in [0, 0.1) is 0 Å². The number of benzene rings is 1. The van der Waals surface area contributed by atoms with Crippen molar-refractivity contribution in [3.63, 3.8) is 0 Å². The molecule has 0 saturated heterocycles.